The number of aromatic amines is 1. The van der Waals surface area contributed by atoms with E-state index in [0.717, 1.165) is 15.4 Å². The Morgan fingerprint density at radius 2 is 1.89 bits per heavy atom. The number of hydrogen-bond donors (Lipinski definition) is 2. The number of hydrogen-bond acceptors (Lipinski definition) is 6. The number of fused-ring (bicyclic) bond motifs is 2. The van der Waals surface area contributed by atoms with E-state index < -0.39 is 22.2 Å². The van der Waals surface area contributed by atoms with E-state index in [1.54, 1.807) is 18.2 Å². The average Bonchev–Trinajstić information content (AvgIpc) is 3.09. The van der Waals surface area contributed by atoms with Crippen LogP contribution >= 0.6 is 0 Å². The summed E-state index contributed by atoms with van der Waals surface area (Å²) in [7, 11) is 0. The molecule has 4 rings (SSSR count). The van der Waals surface area contributed by atoms with Crippen LogP contribution in [0.15, 0.2) is 53.5 Å². The van der Waals surface area contributed by atoms with Gasteiger partial charge in [-0.25, -0.2) is 9.97 Å². The van der Waals surface area contributed by atoms with Crippen LogP contribution in [0.1, 0.15) is 25.7 Å². The van der Waals surface area contributed by atoms with E-state index >= 15 is 0 Å². The van der Waals surface area contributed by atoms with Gasteiger partial charge in [-0.2, -0.15) is 0 Å². The second kappa shape index (κ2) is 6.76. The molecular weight excluding hydrogens is 360 g/mol. The molecule has 0 aliphatic rings. The molecule has 0 aliphatic carbocycles. The summed E-state index contributed by atoms with van der Waals surface area (Å²) in [6.07, 6.45) is 1.46. The number of rotatable bonds is 5. The third-order valence-electron chi connectivity index (χ3n) is 4.55. The first kappa shape index (κ1) is 17.7. The van der Waals surface area contributed by atoms with Crippen molar-refractivity contribution in [3.05, 3.63) is 75.0 Å². The van der Waals surface area contributed by atoms with Gasteiger partial charge in [0.25, 0.3) is 0 Å². The minimum atomic E-state index is -0.731. The lowest BCUT2D eigenvalue weighted by molar-refractivity contribution is -0.385. The molecule has 0 saturated heterocycles. The predicted molar refractivity (Wildman–Crippen MR) is 105 cm³/mol. The third kappa shape index (κ3) is 2.96. The highest BCUT2D eigenvalue weighted by Crippen LogP contribution is 2.29. The average molecular weight is 378 g/mol. The van der Waals surface area contributed by atoms with E-state index in [-0.39, 0.29) is 11.7 Å². The minimum absolute atomic E-state index is 0.0243. The Kier molecular flexibility index (Phi) is 4.26. The molecule has 28 heavy (non-hydrogen) atoms. The first-order chi connectivity index (χ1) is 13.5. The monoisotopic (exact) mass is 378 g/mol. The number of nitrogens with one attached hydrogen (secondary N) is 2. The topological polar surface area (TPSA) is 118 Å². The Balaban J connectivity index is 1.85. The van der Waals surface area contributed by atoms with Gasteiger partial charge in [-0.15, -0.1) is 0 Å². The standard InChI is InChI=1S/C19H18N6O3/c1-11(2)15(17-20-12-7-3-4-8-13(12)21-17)23-18-16(25(27)28)19(26)24-10-6-5-9-14(24)22-18/h3-11,15,23H,1-2H3,(H,20,21)/t15-/m1/s1. The molecule has 0 spiro atoms. The van der Waals surface area contributed by atoms with E-state index in [9.17, 15) is 14.9 Å². The van der Waals surface area contributed by atoms with Gasteiger partial charge in [0.15, 0.2) is 0 Å². The molecule has 3 aromatic heterocycles. The number of nitro groups is 1. The van der Waals surface area contributed by atoms with Crippen LogP contribution in [0.4, 0.5) is 11.5 Å². The predicted octanol–water partition coefficient (Wildman–Crippen LogP) is 3.29. The molecule has 0 bridgehead atoms. The molecule has 0 unspecified atom stereocenters. The normalized spacial score (nSPS) is 12.5. The molecule has 1 atom stereocenters. The molecule has 9 heteroatoms. The number of nitrogens with zero attached hydrogens (tertiary/aromatic N) is 4. The Hall–Kier alpha value is -3.75. The van der Waals surface area contributed by atoms with E-state index in [0.29, 0.717) is 11.5 Å². The highest BCUT2D eigenvalue weighted by atomic mass is 16.6. The lowest BCUT2D eigenvalue weighted by atomic mass is 10.0. The maximum Gasteiger partial charge on any atom is 0.376 e. The van der Waals surface area contributed by atoms with Crippen molar-refractivity contribution in [2.45, 2.75) is 19.9 Å². The molecule has 9 nitrogen and oxygen atoms in total. The number of para-hydroxylation sites is 2. The lowest BCUT2D eigenvalue weighted by Gasteiger charge is -2.20. The number of pyridine rings is 1. The van der Waals surface area contributed by atoms with Crippen molar-refractivity contribution in [3.63, 3.8) is 0 Å². The van der Waals surface area contributed by atoms with Crippen LogP contribution in [-0.4, -0.2) is 24.3 Å². The largest absolute Gasteiger partial charge is 0.376 e. The Labute approximate surface area is 159 Å². The van der Waals surface area contributed by atoms with E-state index in [1.165, 1.54) is 6.20 Å². The molecule has 0 aliphatic heterocycles. The number of imidazole rings is 1. The Morgan fingerprint density at radius 3 is 2.61 bits per heavy atom. The Bertz CT molecular complexity index is 1210. The summed E-state index contributed by atoms with van der Waals surface area (Å²) >= 11 is 0. The summed E-state index contributed by atoms with van der Waals surface area (Å²) in [5.74, 6) is 0.581. The first-order valence-electron chi connectivity index (χ1n) is 8.82. The lowest BCUT2D eigenvalue weighted by Crippen LogP contribution is -2.25. The second-order valence-corrected chi connectivity index (χ2v) is 6.81. The second-order valence-electron chi connectivity index (χ2n) is 6.81. The molecule has 142 valence electrons. The molecule has 4 aromatic rings. The highest BCUT2D eigenvalue weighted by Gasteiger charge is 2.28. The van der Waals surface area contributed by atoms with Crippen LogP contribution in [0.2, 0.25) is 0 Å². The summed E-state index contributed by atoms with van der Waals surface area (Å²) in [6, 6.07) is 12.2. The van der Waals surface area contributed by atoms with Crippen molar-refractivity contribution in [2.75, 3.05) is 5.32 Å². The van der Waals surface area contributed by atoms with Crippen LogP contribution in [0.3, 0.4) is 0 Å². The summed E-state index contributed by atoms with van der Waals surface area (Å²) < 4.78 is 1.16. The number of anilines is 1. The number of H-pyrrole nitrogens is 1. The zero-order valence-electron chi connectivity index (χ0n) is 15.3. The quantitative estimate of drug-likeness (QED) is 0.406. The maximum absolute atomic E-state index is 12.6. The van der Waals surface area contributed by atoms with E-state index in [2.05, 4.69) is 20.3 Å². The van der Waals surface area contributed by atoms with Crippen molar-refractivity contribution >= 4 is 28.2 Å². The zero-order chi connectivity index (χ0) is 19.8. The van der Waals surface area contributed by atoms with Gasteiger partial charge >= 0.3 is 11.2 Å². The van der Waals surface area contributed by atoms with Gasteiger partial charge in [-0.1, -0.05) is 32.0 Å². The van der Waals surface area contributed by atoms with Gasteiger partial charge in [0.1, 0.15) is 11.5 Å². The zero-order valence-corrected chi connectivity index (χ0v) is 15.3. The molecule has 3 heterocycles. The summed E-state index contributed by atoms with van der Waals surface area (Å²) in [6.45, 7) is 3.93. The fraction of sp³-hybridized carbons (Fsp3) is 0.211. The smallest absolute Gasteiger partial charge is 0.354 e. The first-order valence-corrected chi connectivity index (χ1v) is 8.82. The SMILES string of the molecule is CC(C)[C@@H](Nc1nc2ccccn2c(=O)c1[N+](=O)[O-])c1nc2ccccc2[nH]1. The van der Waals surface area contributed by atoms with Crippen molar-refractivity contribution < 1.29 is 4.92 Å². The van der Waals surface area contributed by atoms with Crippen LogP contribution in [0.25, 0.3) is 16.7 Å². The van der Waals surface area contributed by atoms with Crippen LogP contribution in [0.5, 0.6) is 0 Å². The van der Waals surface area contributed by atoms with Crippen molar-refractivity contribution in [3.8, 4) is 0 Å². The van der Waals surface area contributed by atoms with Crippen molar-refractivity contribution in [1.29, 1.82) is 0 Å². The maximum atomic E-state index is 12.6. The van der Waals surface area contributed by atoms with E-state index in [1.807, 2.05) is 38.1 Å². The fourth-order valence-electron chi connectivity index (χ4n) is 3.16. The molecule has 1 aromatic carbocycles. The van der Waals surface area contributed by atoms with Crippen LogP contribution in [-0.2, 0) is 0 Å². The molecule has 0 amide bonds. The molecule has 2 N–H and O–H groups in total. The van der Waals surface area contributed by atoms with Crippen molar-refractivity contribution in [2.24, 2.45) is 5.92 Å². The van der Waals surface area contributed by atoms with Gasteiger partial charge < -0.3 is 10.3 Å². The van der Waals surface area contributed by atoms with Crippen molar-refractivity contribution in [1.82, 2.24) is 19.4 Å². The molecular formula is C19H18N6O3. The third-order valence-corrected chi connectivity index (χ3v) is 4.55. The van der Waals surface area contributed by atoms with Crippen LogP contribution < -0.4 is 10.9 Å². The number of aromatic nitrogens is 4. The minimum Gasteiger partial charge on any atom is -0.354 e. The van der Waals surface area contributed by atoms with Gasteiger partial charge in [0.2, 0.25) is 5.82 Å². The van der Waals surface area contributed by atoms with Crippen LogP contribution in [0, 0.1) is 16.0 Å². The fourth-order valence-corrected chi connectivity index (χ4v) is 3.16. The summed E-state index contributed by atoms with van der Waals surface area (Å²) in [5.41, 5.74) is 0.667. The Morgan fingerprint density at radius 1 is 1.14 bits per heavy atom. The highest BCUT2D eigenvalue weighted by molar-refractivity contribution is 5.75. The van der Waals surface area contributed by atoms with Gasteiger partial charge in [0, 0.05) is 6.20 Å². The van der Waals surface area contributed by atoms with Gasteiger partial charge in [0.05, 0.1) is 22.0 Å². The summed E-state index contributed by atoms with van der Waals surface area (Å²) in [4.78, 5) is 35.7. The number of benzene rings is 1. The molecule has 0 radical (unpaired) electrons. The molecule has 0 saturated carbocycles. The van der Waals surface area contributed by atoms with Gasteiger partial charge in [-0.3, -0.25) is 19.3 Å². The summed E-state index contributed by atoms with van der Waals surface area (Å²) in [5, 5.41) is 14.7. The van der Waals surface area contributed by atoms with E-state index in [4.69, 9.17) is 0 Å². The van der Waals surface area contributed by atoms with Gasteiger partial charge in [-0.05, 0) is 30.2 Å². The molecule has 0 fully saturated rings.